The number of hydrogen-bond donors (Lipinski definition) is 0. The highest BCUT2D eigenvalue weighted by Crippen LogP contribution is 2.46. The van der Waals surface area contributed by atoms with E-state index in [0.717, 1.165) is 22.5 Å². The smallest absolute Gasteiger partial charge is 0.410 e. The number of rotatable bonds is 3. The van der Waals surface area contributed by atoms with Crippen LogP contribution >= 0.6 is 0 Å². The standard InChI is InChI=1S/C26H28FN5O3/c1-25(2,3)35-24(34)31-10-9-19-11-22-17(13-29-32(22)21-7-5-20(27)6-8-21)12-26(19,16-31)23(33)18-14-28-30(4)15-18/h5-8,11,13-15H,9-10,12,16H2,1-4H3/t26-/m0/s1. The lowest BCUT2D eigenvalue weighted by Gasteiger charge is -2.45. The van der Waals surface area contributed by atoms with E-state index in [9.17, 15) is 14.0 Å². The van der Waals surface area contributed by atoms with Gasteiger partial charge in [-0.05, 0) is 69.5 Å². The summed E-state index contributed by atoms with van der Waals surface area (Å²) in [6.45, 7) is 6.14. The molecule has 1 amide bonds. The minimum Gasteiger partial charge on any atom is -0.444 e. The van der Waals surface area contributed by atoms with Gasteiger partial charge in [0.05, 0.1) is 34.8 Å². The topological polar surface area (TPSA) is 82.2 Å². The Kier molecular flexibility index (Phi) is 5.38. The lowest BCUT2D eigenvalue weighted by Crippen LogP contribution is -2.54. The molecule has 1 fully saturated rings. The number of Topliss-reactive ketones (excluding diaryl/α,β-unsaturated/α-hetero) is 1. The number of likely N-dealkylation sites (tertiary alicyclic amines) is 1. The average Bonchev–Trinajstić information content (AvgIpc) is 3.41. The molecule has 35 heavy (non-hydrogen) atoms. The number of carbonyl (C=O) groups excluding carboxylic acids is 2. The van der Waals surface area contributed by atoms with Crippen molar-refractivity contribution in [2.24, 2.45) is 12.5 Å². The molecule has 0 saturated carbocycles. The Labute approximate surface area is 203 Å². The van der Waals surface area contributed by atoms with Crippen LogP contribution in [0.2, 0.25) is 0 Å². The number of ether oxygens (including phenoxy) is 1. The number of nitrogens with zero attached hydrogens (tertiary/aromatic N) is 5. The maximum Gasteiger partial charge on any atom is 0.410 e. The zero-order valence-corrected chi connectivity index (χ0v) is 20.3. The molecule has 0 N–H and O–H groups in total. The Morgan fingerprint density at radius 2 is 1.86 bits per heavy atom. The van der Waals surface area contributed by atoms with Crippen LogP contribution in [0.25, 0.3) is 11.8 Å². The quantitative estimate of drug-likeness (QED) is 0.528. The Morgan fingerprint density at radius 3 is 2.51 bits per heavy atom. The van der Waals surface area contributed by atoms with Gasteiger partial charge in [0.15, 0.2) is 5.78 Å². The molecule has 2 aromatic heterocycles. The van der Waals surface area contributed by atoms with Crippen molar-refractivity contribution >= 4 is 18.0 Å². The van der Waals surface area contributed by atoms with Gasteiger partial charge < -0.3 is 9.64 Å². The molecule has 3 heterocycles. The third kappa shape index (κ3) is 4.15. The van der Waals surface area contributed by atoms with Crippen LogP contribution in [0.5, 0.6) is 0 Å². The molecule has 2 aliphatic rings. The number of benzene rings is 1. The molecule has 9 heteroatoms. The molecule has 0 bridgehead atoms. The second-order valence-electron chi connectivity index (χ2n) is 10.3. The molecule has 1 saturated heterocycles. The molecule has 1 aromatic carbocycles. The van der Waals surface area contributed by atoms with Crippen LogP contribution in [0.1, 0.15) is 48.8 Å². The van der Waals surface area contributed by atoms with E-state index in [2.05, 4.69) is 10.2 Å². The summed E-state index contributed by atoms with van der Waals surface area (Å²) in [6, 6.07) is 6.15. The molecule has 3 aromatic rings. The summed E-state index contributed by atoms with van der Waals surface area (Å²) in [5.74, 6) is -0.394. The molecule has 0 spiro atoms. The molecule has 0 unspecified atom stereocenters. The lowest BCUT2D eigenvalue weighted by atomic mass is 9.65. The molecule has 8 nitrogen and oxygen atoms in total. The molecule has 0 radical (unpaired) electrons. The van der Waals surface area contributed by atoms with E-state index in [1.165, 1.54) is 12.1 Å². The van der Waals surface area contributed by atoms with Crippen LogP contribution in [-0.4, -0.2) is 55.0 Å². The van der Waals surface area contributed by atoms with Crippen molar-refractivity contribution in [2.75, 3.05) is 13.1 Å². The first kappa shape index (κ1) is 23.0. The summed E-state index contributed by atoms with van der Waals surface area (Å²) in [4.78, 5) is 28.6. The molecule has 1 atom stereocenters. The number of fused-ring (bicyclic) bond motifs is 2. The van der Waals surface area contributed by atoms with E-state index >= 15 is 0 Å². The molecular weight excluding hydrogens is 449 g/mol. The van der Waals surface area contributed by atoms with Crippen molar-refractivity contribution in [1.82, 2.24) is 24.5 Å². The number of halogens is 1. The van der Waals surface area contributed by atoms with Crippen molar-refractivity contribution < 1.29 is 18.7 Å². The molecular formula is C26H28FN5O3. The fourth-order valence-corrected chi connectivity index (χ4v) is 4.94. The van der Waals surface area contributed by atoms with Gasteiger partial charge >= 0.3 is 6.09 Å². The van der Waals surface area contributed by atoms with Gasteiger partial charge in [0.1, 0.15) is 11.4 Å². The number of aryl methyl sites for hydroxylation is 1. The predicted octanol–water partition coefficient (Wildman–Crippen LogP) is 4.19. The highest BCUT2D eigenvalue weighted by Gasteiger charge is 2.50. The number of aromatic nitrogens is 4. The monoisotopic (exact) mass is 477 g/mol. The Morgan fingerprint density at radius 1 is 1.11 bits per heavy atom. The minimum atomic E-state index is -0.943. The van der Waals surface area contributed by atoms with E-state index in [0.29, 0.717) is 24.9 Å². The largest absolute Gasteiger partial charge is 0.444 e. The van der Waals surface area contributed by atoms with Crippen LogP contribution in [0, 0.1) is 11.2 Å². The Balaban J connectivity index is 1.56. The van der Waals surface area contributed by atoms with Crippen molar-refractivity contribution in [3.63, 3.8) is 0 Å². The van der Waals surface area contributed by atoms with E-state index in [1.807, 2.05) is 26.8 Å². The maximum absolute atomic E-state index is 14.0. The van der Waals surface area contributed by atoms with E-state index in [-0.39, 0.29) is 18.1 Å². The van der Waals surface area contributed by atoms with Gasteiger partial charge in [0.25, 0.3) is 0 Å². The van der Waals surface area contributed by atoms with Crippen LogP contribution < -0.4 is 0 Å². The summed E-state index contributed by atoms with van der Waals surface area (Å²) >= 11 is 0. The minimum absolute atomic E-state index is 0.0784. The van der Waals surface area contributed by atoms with Gasteiger partial charge in [-0.25, -0.2) is 13.9 Å². The van der Waals surface area contributed by atoms with E-state index < -0.39 is 17.1 Å². The number of ketones is 1. The van der Waals surface area contributed by atoms with Crippen molar-refractivity contribution in [3.8, 4) is 5.69 Å². The second-order valence-corrected chi connectivity index (χ2v) is 10.3. The first-order valence-electron chi connectivity index (χ1n) is 11.6. The van der Waals surface area contributed by atoms with Gasteiger partial charge in [-0.1, -0.05) is 5.57 Å². The molecule has 5 rings (SSSR count). The lowest BCUT2D eigenvalue weighted by molar-refractivity contribution is 0.0138. The second kappa shape index (κ2) is 8.18. The van der Waals surface area contributed by atoms with Crippen LogP contribution in [0.15, 0.2) is 48.4 Å². The van der Waals surface area contributed by atoms with Gasteiger partial charge in [-0.3, -0.25) is 9.48 Å². The average molecular weight is 478 g/mol. The van der Waals surface area contributed by atoms with Gasteiger partial charge in [0.2, 0.25) is 0 Å². The van der Waals surface area contributed by atoms with Gasteiger partial charge in [-0.2, -0.15) is 10.2 Å². The first-order chi connectivity index (χ1) is 16.6. The summed E-state index contributed by atoms with van der Waals surface area (Å²) in [7, 11) is 1.77. The summed E-state index contributed by atoms with van der Waals surface area (Å²) < 4.78 is 22.5. The highest BCUT2D eigenvalue weighted by molar-refractivity contribution is 6.04. The van der Waals surface area contributed by atoms with E-state index in [1.54, 1.807) is 52.0 Å². The van der Waals surface area contributed by atoms with Crippen LogP contribution in [0.3, 0.4) is 0 Å². The van der Waals surface area contributed by atoms with Gasteiger partial charge in [-0.15, -0.1) is 0 Å². The normalized spacial score (nSPS) is 19.6. The molecule has 182 valence electrons. The first-order valence-corrected chi connectivity index (χ1v) is 11.6. The Bertz CT molecular complexity index is 1330. The zero-order valence-electron chi connectivity index (χ0n) is 20.3. The zero-order chi connectivity index (χ0) is 25.0. The summed E-state index contributed by atoms with van der Waals surface area (Å²) in [5.41, 5.74) is 2.36. The Hall–Kier alpha value is -3.75. The van der Waals surface area contributed by atoms with Crippen molar-refractivity contribution in [2.45, 2.75) is 39.2 Å². The van der Waals surface area contributed by atoms with Crippen LogP contribution in [0.4, 0.5) is 9.18 Å². The van der Waals surface area contributed by atoms with Crippen LogP contribution in [-0.2, 0) is 18.2 Å². The van der Waals surface area contributed by atoms with Crippen molar-refractivity contribution in [1.29, 1.82) is 0 Å². The van der Waals surface area contributed by atoms with E-state index in [4.69, 9.17) is 4.74 Å². The third-order valence-corrected chi connectivity index (χ3v) is 6.54. The maximum atomic E-state index is 14.0. The SMILES string of the molecule is Cn1cc(C(=O)[C@]23Cc4cnn(-c5ccc(F)cc5)c4C=C2CCN(C(=O)OC(C)(C)C)C3)cn1. The predicted molar refractivity (Wildman–Crippen MR) is 128 cm³/mol. The highest BCUT2D eigenvalue weighted by atomic mass is 19.1. The fraction of sp³-hybridized carbons (Fsp3) is 0.385. The molecule has 1 aliphatic heterocycles. The fourth-order valence-electron chi connectivity index (χ4n) is 4.94. The van der Waals surface area contributed by atoms with Crippen molar-refractivity contribution in [3.05, 3.63) is 71.1 Å². The molecule has 1 aliphatic carbocycles. The third-order valence-electron chi connectivity index (χ3n) is 6.54. The summed E-state index contributed by atoms with van der Waals surface area (Å²) in [6.07, 6.45) is 7.52. The number of hydrogen-bond acceptors (Lipinski definition) is 5. The van der Waals surface area contributed by atoms with Gasteiger partial charge in [0, 0.05) is 26.3 Å². The number of amides is 1. The number of piperidine rings is 1. The number of carbonyl (C=O) groups is 2. The summed E-state index contributed by atoms with van der Waals surface area (Å²) in [5, 5.41) is 8.73.